The van der Waals surface area contributed by atoms with Gasteiger partial charge in [-0.25, -0.2) is 0 Å². The fourth-order valence-electron chi connectivity index (χ4n) is 1.74. The molecule has 2 atom stereocenters. The van der Waals surface area contributed by atoms with Crippen molar-refractivity contribution in [3.05, 3.63) is 12.2 Å². The van der Waals surface area contributed by atoms with E-state index in [0.29, 0.717) is 25.0 Å². The summed E-state index contributed by atoms with van der Waals surface area (Å²) in [6.45, 7) is 0.655. The Bertz CT molecular complexity index is 152. The predicted molar refractivity (Wildman–Crippen MR) is 51.4 cm³/mol. The second kappa shape index (κ2) is 6.95. The van der Waals surface area contributed by atoms with Crippen molar-refractivity contribution in [3.8, 4) is 0 Å². The molecule has 4 heteroatoms. The minimum Gasteiger partial charge on any atom is -0.371 e. The number of hydrogen-bond acceptors (Lipinski definition) is 4. The summed E-state index contributed by atoms with van der Waals surface area (Å²) in [5.74, 6) is 0.775. The minimum absolute atomic E-state index is 0.228. The van der Waals surface area contributed by atoms with Crippen LogP contribution in [0.25, 0.3) is 0 Å². The number of rotatable bonds is 6. The van der Waals surface area contributed by atoms with Crippen LogP contribution in [0.1, 0.15) is 12.8 Å². The molecule has 0 aromatic heterocycles. The average molecular weight is 202 g/mol. The standard InChI is InChI=1S/C10H18O4/c11-7-13-5-9-3-1-2-4-10(9)6-14-8-12/h1-2,9-12H,3-8H2. The molecule has 0 radical (unpaired) electrons. The van der Waals surface area contributed by atoms with E-state index < -0.39 is 0 Å². The molecule has 0 bridgehead atoms. The van der Waals surface area contributed by atoms with Crippen molar-refractivity contribution in [2.24, 2.45) is 11.8 Å². The van der Waals surface area contributed by atoms with E-state index in [1.165, 1.54) is 0 Å². The first kappa shape index (κ1) is 11.7. The van der Waals surface area contributed by atoms with Crippen LogP contribution in [0.5, 0.6) is 0 Å². The van der Waals surface area contributed by atoms with Gasteiger partial charge in [0.2, 0.25) is 0 Å². The molecular weight excluding hydrogens is 184 g/mol. The van der Waals surface area contributed by atoms with E-state index in [1.807, 2.05) is 0 Å². The zero-order valence-electron chi connectivity index (χ0n) is 8.26. The van der Waals surface area contributed by atoms with E-state index in [1.54, 1.807) is 0 Å². The van der Waals surface area contributed by atoms with E-state index >= 15 is 0 Å². The van der Waals surface area contributed by atoms with E-state index in [0.717, 1.165) is 12.8 Å². The number of aliphatic hydroxyl groups is 2. The van der Waals surface area contributed by atoms with Crippen molar-refractivity contribution in [1.82, 2.24) is 0 Å². The first-order valence-corrected chi connectivity index (χ1v) is 4.90. The molecule has 0 saturated carbocycles. The Labute approximate surface area is 84.1 Å². The summed E-state index contributed by atoms with van der Waals surface area (Å²) in [4.78, 5) is 0. The SMILES string of the molecule is OCOCC1CC=CCC1COCO. The molecule has 0 spiro atoms. The molecule has 0 aliphatic heterocycles. The van der Waals surface area contributed by atoms with Crippen molar-refractivity contribution in [2.75, 3.05) is 26.8 Å². The van der Waals surface area contributed by atoms with Gasteiger partial charge in [-0.3, -0.25) is 0 Å². The third-order valence-electron chi connectivity index (χ3n) is 2.56. The molecule has 2 unspecified atom stereocenters. The van der Waals surface area contributed by atoms with E-state index in [2.05, 4.69) is 12.2 Å². The third kappa shape index (κ3) is 3.75. The topological polar surface area (TPSA) is 58.9 Å². The van der Waals surface area contributed by atoms with Gasteiger partial charge in [0.1, 0.15) is 13.6 Å². The fraction of sp³-hybridized carbons (Fsp3) is 0.800. The lowest BCUT2D eigenvalue weighted by atomic mass is 9.84. The Balaban J connectivity index is 2.31. The summed E-state index contributed by atoms with van der Waals surface area (Å²) in [7, 11) is 0. The molecule has 14 heavy (non-hydrogen) atoms. The fourth-order valence-corrected chi connectivity index (χ4v) is 1.74. The molecular formula is C10H18O4. The van der Waals surface area contributed by atoms with Gasteiger partial charge in [-0.05, 0) is 24.7 Å². The highest BCUT2D eigenvalue weighted by Gasteiger charge is 2.22. The third-order valence-corrected chi connectivity index (χ3v) is 2.56. The maximum atomic E-state index is 8.55. The molecule has 0 heterocycles. The van der Waals surface area contributed by atoms with Crippen molar-refractivity contribution >= 4 is 0 Å². The monoisotopic (exact) mass is 202 g/mol. The van der Waals surface area contributed by atoms with E-state index in [9.17, 15) is 0 Å². The van der Waals surface area contributed by atoms with Gasteiger partial charge in [0.05, 0.1) is 13.2 Å². The first-order valence-electron chi connectivity index (χ1n) is 4.90. The van der Waals surface area contributed by atoms with Crippen LogP contribution in [0.4, 0.5) is 0 Å². The maximum Gasteiger partial charge on any atom is 0.143 e. The summed E-state index contributed by atoms with van der Waals surface area (Å²) in [5, 5.41) is 17.1. The highest BCUT2D eigenvalue weighted by Crippen LogP contribution is 2.25. The average Bonchev–Trinajstić information content (AvgIpc) is 2.24. The predicted octanol–water partition coefficient (Wildman–Crippen LogP) is 0.502. The van der Waals surface area contributed by atoms with Crippen molar-refractivity contribution in [1.29, 1.82) is 0 Å². The number of allylic oxidation sites excluding steroid dienone is 2. The summed E-state index contributed by atoms with van der Waals surface area (Å²) in [5.41, 5.74) is 0. The van der Waals surface area contributed by atoms with Gasteiger partial charge in [-0.15, -0.1) is 0 Å². The lowest BCUT2D eigenvalue weighted by molar-refractivity contribution is -0.0550. The Morgan fingerprint density at radius 1 is 0.929 bits per heavy atom. The molecule has 1 aliphatic rings. The highest BCUT2D eigenvalue weighted by molar-refractivity contribution is 4.94. The smallest absolute Gasteiger partial charge is 0.143 e. The van der Waals surface area contributed by atoms with Crippen LogP contribution in [0, 0.1) is 11.8 Å². The molecule has 1 aliphatic carbocycles. The molecule has 0 amide bonds. The molecule has 0 aromatic rings. The van der Waals surface area contributed by atoms with E-state index in [-0.39, 0.29) is 13.6 Å². The second-order valence-electron chi connectivity index (χ2n) is 3.46. The van der Waals surface area contributed by atoms with Crippen LogP contribution < -0.4 is 0 Å². The molecule has 0 aromatic carbocycles. The van der Waals surface area contributed by atoms with Crippen LogP contribution in [0.15, 0.2) is 12.2 Å². The summed E-state index contributed by atoms with van der Waals surface area (Å²) < 4.78 is 9.97. The van der Waals surface area contributed by atoms with Crippen molar-refractivity contribution < 1.29 is 19.7 Å². The summed E-state index contributed by atoms with van der Waals surface area (Å²) in [6, 6.07) is 0. The van der Waals surface area contributed by atoms with Gasteiger partial charge >= 0.3 is 0 Å². The van der Waals surface area contributed by atoms with Crippen molar-refractivity contribution in [2.45, 2.75) is 12.8 Å². The normalized spacial score (nSPS) is 26.7. The van der Waals surface area contributed by atoms with Crippen LogP contribution in [0.2, 0.25) is 0 Å². The van der Waals surface area contributed by atoms with Crippen LogP contribution in [-0.2, 0) is 9.47 Å². The lowest BCUT2D eigenvalue weighted by Gasteiger charge is -2.27. The number of hydrogen-bond donors (Lipinski definition) is 2. The molecule has 4 nitrogen and oxygen atoms in total. The van der Waals surface area contributed by atoms with Gasteiger partial charge < -0.3 is 19.7 Å². The summed E-state index contributed by atoms with van der Waals surface area (Å²) in [6.07, 6.45) is 6.17. The zero-order valence-corrected chi connectivity index (χ0v) is 8.26. The van der Waals surface area contributed by atoms with Crippen LogP contribution in [0.3, 0.4) is 0 Å². The highest BCUT2D eigenvalue weighted by atomic mass is 16.6. The molecule has 0 fully saturated rings. The largest absolute Gasteiger partial charge is 0.371 e. The van der Waals surface area contributed by atoms with Gasteiger partial charge in [0.15, 0.2) is 0 Å². The molecule has 82 valence electrons. The number of ether oxygens (including phenoxy) is 2. The van der Waals surface area contributed by atoms with E-state index in [4.69, 9.17) is 19.7 Å². The zero-order chi connectivity index (χ0) is 10.2. The quantitative estimate of drug-likeness (QED) is 0.486. The maximum absolute atomic E-state index is 8.55. The van der Waals surface area contributed by atoms with Gasteiger partial charge in [0, 0.05) is 0 Å². The van der Waals surface area contributed by atoms with Crippen LogP contribution >= 0.6 is 0 Å². The first-order chi connectivity index (χ1) is 6.88. The van der Waals surface area contributed by atoms with Gasteiger partial charge in [-0.2, -0.15) is 0 Å². The Hall–Kier alpha value is -0.420. The molecule has 0 saturated heterocycles. The molecule has 1 rings (SSSR count). The molecule has 2 N–H and O–H groups in total. The Morgan fingerprint density at radius 2 is 1.36 bits per heavy atom. The van der Waals surface area contributed by atoms with Crippen LogP contribution in [-0.4, -0.2) is 37.0 Å². The number of aliphatic hydroxyl groups excluding tert-OH is 2. The Morgan fingerprint density at radius 3 is 1.71 bits per heavy atom. The second-order valence-corrected chi connectivity index (χ2v) is 3.46. The minimum atomic E-state index is -0.228. The van der Waals surface area contributed by atoms with Gasteiger partial charge in [-0.1, -0.05) is 12.2 Å². The van der Waals surface area contributed by atoms with Crippen molar-refractivity contribution in [3.63, 3.8) is 0 Å². The van der Waals surface area contributed by atoms with Gasteiger partial charge in [0.25, 0.3) is 0 Å². The Kier molecular flexibility index (Phi) is 5.78. The summed E-state index contributed by atoms with van der Waals surface area (Å²) >= 11 is 0. The lowest BCUT2D eigenvalue weighted by Crippen LogP contribution is -2.26.